The van der Waals surface area contributed by atoms with Crippen molar-refractivity contribution in [1.29, 1.82) is 0 Å². The first-order chi connectivity index (χ1) is 6.10. The molecule has 0 heterocycles. The molecule has 2 rings (SSSR count). The van der Waals surface area contributed by atoms with E-state index in [1.807, 2.05) is 6.92 Å². The summed E-state index contributed by atoms with van der Waals surface area (Å²) in [4.78, 5) is 0. The van der Waals surface area contributed by atoms with Crippen LogP contribution in [0.5, 0.6) is 0 Å². The van der Waals surface area contributed by atoms with Crippen molar-refractivity contribution in [2.45, 2.75) is 32.3 Å². The Balaban J connectivity index is 2.39. The lowest BCUT2D eigenvalue weighted by Crippen LogP contribution is -2.45. The van der Waals surface area contributed by atoms with Gasteiger partial charge >= 0.3 is 0 Å². The minimum atomic E-state index is -0.424. The van der Waals surface area contributed by atoms with Gasteiger partial charge in [-0.2, -0.15) is 0 Å². The average molecular weight is 186 g/mol. The van der Waals surface area contributed by atoms with Crippen LogP contribution in [-0.4, -0.2) is 34.6 Å². The Hall–Kier alpha value is -0.120. The monoisotopic (exact) mass is 186 g/mol. The van der Waals surface area contributed by atoms with Gasteiger partial charge in [0.25, 0.3) is 0 Å². The fraction of sp³-hybridized carbons (Fsp3) is 1.00. The molecule has 2 bridgehead atoms. The Bertz CT molecular complexity index is 218. The highest BCUT2D eigenvalue weighted by molar-refractivity contribution is 5.14. The molecule has 0 aromatic rings. The summed E-state index contributed by atoms with van der Waals surface area (Å²) in [5.41, 5.74) is -0.687. The molecule has 0 aromatic carbocycles. The second-order valence-electron chi connectivity index (χ2n) is 4.88. The third-order valence-electron chi connectivity index (χ3n) is 4.73. The van der Waals surface area contributed by atoms with E-state index in [4.69, 9.17) is 0 Å². The van der Waals surface area contributed by atoms with Crippen LogP contribution < -0.4 is 0 Å². The molecule has 2 saturated carbocycles. The molecular formula is C10H18O3. The molecule has 0 aromatic heterocycles. The Kier molecular flexibility index (Phi) is 1.95. The summed E-state index contributed by atoms with van der Waals surface area (Å²) in [6, 6.07) is 0. The van der Waals surface area contributed by atoms with Gasteiger partial charge in [0.1, 0.15) is 0 Å². The number of hydrogen-bond donors (Lipinski definition) is 3. The lowest BCUT2D eigenvalue weighted by Gasteiger charge is -2.40. The van der Waals surface area contributed by atoms with Crippen molar-refractivity contribution >= 4 is 0 Å². The van der Waals surface area contributed by atoms with E-state index in [1.54, 1.807) is 0 Å². The number of aliphatic hydroxyl groups excluding tert-OH is 3. The molecule has 76 valence electrons. The van der Waals surface area contributed by atoms with E-state index in [-0.39, 0.29) is 18.6 Å². The normalized spacial score (nSPS) is 54.5. The van der Waals surface area contributed by atoms with Gasteiger partial charge in [0.05, 0.1) is 12.7 Å². The van der Waals surface area contributed by atoms with Crippen molar-refractivity contribution in [3.63, 3.8) is 0 Å². The maximum absolute atomic E-state index is 9.87. The van der Waals surface area contributed by atoms with Crippen LogP contribution >= 0.6 is 0 Å². The molecule has 3 heteroatoms. The van der Waals surface area contributed by atoms with Gasteiger partial charge < -0.3 is 15.3 Å². The SMILES string of the molecule is CC1(CO)C2CCC1(CO)C(O)C2. The summed E-state index contributed by atoms with van der Waals surface area (Å²) < 4.78 is 0. The third-order valence-corrected chi connectivity index (χ3v) is 4.73. The standard InChI is InChI=1S/C10H18O3/c1-9(5-11)7-2-3-10(9,6-12)8(13)4-7/h7-8,11-13H,2-6H2,1H3. The molecule has 4 atom stereocenters. The van der Waals surface area contributed by atoms with E-state index in [0.29, 0.717) is 5.92 Å². The Morgan fingerprint density at radius 1 is 1.31 bits per heavy atom. The molecular weight excluding hydrogens is 168 g/mol. The largest absolute Gasteiger partial charge is 0.396 e. The molecule has 0 radical (unpaired) electrons. The van der Waals surface area contributed by atoms with Crippen LogP contribution in [0.2, 0.25) is 0 Å². The van der Waals surface area contributed by atoms with Crippen molar-refractivity contribution in [3.8, 4) is 0 Å². The minimum absolute atomic E-state index is 0.00171. The van der Waals surface area contributed by atoms with Crippen molar-refractivity contribution < 1.29 is 15.3 Å². The van der Waals surface area contributed by atoms with Gasteiger partial charge in [0.15, 0.2) is 0 Å². The summed E-state index contributed by atoms with van der Waals surface area (Å²) in [6.07, 6.45) is 2.21. The molecule has 3 N–H and O–H groups in total. The van der Waals surface area contributed by atoms with Crippen LogP contribution in [0.1, 0.15) is 26.2 Å². The Morgan fingerprint density at radius 2 is 2.00 bits per heavy atom. The molecule has 3 nitrogen and oxygen atoms in total. The summed E-state index contributed by atoms with van der Waals surface area (Å²) in [6.45, 7) is 2.08. The van der Waals surface area contributed by atoms with E-state index >= 15 is 0 Å². The lowest BCUT2D eigenvalue weighted by molar-refractivity contribution is -0.0698. The Morgan fingerprint density at radius 3 is 2.38 bits per heavy atom. The first-order valence-corrected chi connectivity index (χ1v) is 5.00. The first kappa shape index (κ1) is 9.44. The van der Waals surface area contributed by atoms with Crippen LogP contribution in [-0.2, 0) is 0 Å². The quantitative estimate of drug-likeness (QED) is 0.575. The van der Waals surface area contributed by atoms with Gasteiger partial charge in [-0.25, -0.2) is 0 Å². The first-order valence-electron chi connectivity index (χ1n) is 5.00. The van der Waals surface area contributed by atoms with Gasteiger partial charge in [-0.05, 0) is 25.2 Å². The maximum Gasteiger partial charge on any atom is 0.0627 e. The zero-order chi connectivity index (χ0) is 9.69. The van der Waals surface area contributed by atoms with Gasteiger partial charge in [-0.1, -0.05) is 6.92 Å². The highest BCUT2D eigenvalue weighted by atomic mass is 16.3. The number of rotatable bonds is 2. The predicted molar refractivity (Wildman–Crippen MR) is 48.1 cm³/mol. The smallest absolute Gasteiger partial charge is 0.0627 e. The summed E-state index contributed by atoms with van der Waals surface area (Å²) in [5, 5.41) is 28.7. The Labute approximate surface area is 78.4 Å². The van der Waals surface area contributed by atoms with Crippen LogP contribution in [0.25, 0.3) is 0 Å². The highest BCUT2D eigenvalue weighted by Crippen LogP contribution is 2.65. The summed E-state index contributed by atoms with van der Waals surface area (Å²) in [7, 11) is 0. The fourth-order valence-corrected chi connectivity index (χ4v) is 3.51. The maximum atomic E-state index is 9.87. The molecule has 4 unspecified atom stereocenters. The fourth-order valence-electron chi connectivity index (χ4n) is 3.51. The van der Waals surface area contributed by atoms with Gasteiger partial charge in [0.2, 0.25) is 0 Å². The molecule has 0 aliphatic heterocycles. The highest BCUT2D eigenvalue weighted by Gasteiger charge is 2.65. The second-order valence-corrected chi connectivity index (χ2v) is 4.88. The van der Waals surface area contributed by atoms with Gasteiger partial charge in [-0.15, -0.1) is 0 Å². The van der Waals surface area contributed by atoms with Crippen LogP contribution in [0.4, 0.5) is 0 Å². The predicted octanol–water partition coefficient (Wildman–Crippen LogP) is 0.138. The van der Waals surface area contributed by atoms with Crippen LogP contribution in [0.15, 0.2) is 0 Å². The molecule has 0 saturated heterocycles. The van der Waals surface area contributed by atoms with Crippen molar-refractivity contribution in [2.75, 3.05) is 13.2 Å². The van der Waals surface area contributed by atoms with E-state index in [1.165, 1.54) is 0 Å². The minimum Gasteiger partial charge on any atom is -0.396 e. The van der Waals surface area contributed by atoms with E-state index in [0.717, 1.165) is 19.3 Å². The van der Waals surface area contributed by atoms with Crippen molar-refractivity contribution in [3.05, 3.63) is 0 Å². The third kappa shape index (κ3) is 0.853. The number of fused-ring (bicyclic) bond motifs is 2. The van der Waals surface area contributed by atoms with E-state index < -0.39 is 11.5 Å². The van der Waals surface area contributed by atoms with E-state index in [2.05, 4.69) is 0 Å². The topological polar surface area (TPSA) is 60.7 Å². The zero-order valence-corrected chi connectivity index (χ0v) is 8.03. The molecule has 0 spiro atoms. The van der Waals surface area contributed by atoms with Crippen molar-refractivity contribution in [1.82, 2.24) is 0 Å². The summed E-state index contributed by atoms with van der Waals surface area (Å²) >= 11 is 0. The number of aliphatic hydroxyl groups is 3. The molecule has 13 heavy (non-hydrogen) atoms. The molecule has 2 aliphatic rings. The molecule has 2 aliphatic carbocycles. The van der Waals surface area contributed by atoms with E-state index in [9.17, 15) is 15.3 Å². The average Bonchev–Trinajstić information content (AvgIpc) is 2.53. The van der Waals surface area contributed by atoms with Crippen LogP contribution in [0, 0.1) is 16.7 Å². The lowest BCUT2D eigenvalue weighted by atomic mass is 9.68. The van der Waals surface area contributed by atoms with Gasteiger partial charge in [0, 0.05) is 17.4 Å². The zero-order valence-electron chi connectivity index (χ0n) is 8.03. The molecule has 2 fully saturated rings. The van der Waals surface area contributed by atoms with Crippen molar-refractivity contribution in [2.24, 2.45) is 16.7 Å². The second kappa shape index (κ2) is 2.69. The van der Waals surface area contributed by atoms with Crippen LogP contribution in [0.3, 0.4) is 0 Å². The summed E-state index contributed by atoms with van der Waals surface area (Å²) in [5.74, 6) is 0.389. The number of hydrogen-bond acceptors (Lipinski definition) is 3. The molecule has 0 amide bonds. The van der Waals surface area contributed by atoms with Gasteiger partial charge in [-0.3, -0.25) is 0 Å².